The summed E-state index contributed by atoms with van der Waals surface area (Å²) in [6.07, 6.45) is 5.33. The Hall–Kier alpha value is -1.01. The monoisotopic (exact) mass is 166 g/mol. The first-order chi connectivity index (χ1) is 5.65. The molecule has 0 N–H and O–H groups in total. The van der Waals surface area contributed by atoms with Gasteiger partial charge in [0.25, 0.3) is 0 Å². The summed E-state index contributed by atoms with van der Waals surface area (Å²) in [7, 11) is 1.99. The number of nitrogens with zero attached hydrogens (tertiary/aromatic N) is 2. The van der Waals surface area contributed by atoms with Gasteiger partial charge in [0, 0.05) is 26.6 Å². The van der Waals surface area contributed by atoms with Crippen LogP contribution in [-0.4, -0.2) is 48.4 Å². The number of rotatable bonds is 0. The first-order valence-corrected chi connectivity index (χ1v) is 4.07. The molecular weight excluding hydrogens is 152 g/mol. The van der Waals surface area contributed by atoms with Crippen molar-refractivity contribution < 1.29 is 4.79 Å². The molecule has 1 rings (SSSR count). The van der Waals surface area contributed by atoms with Crippen LogP contribution in [-0.2, 0) is 4.79 Å². The largest absolute Gasteiger partial charge is 0.339 e. The quantitative estimate of drug-likeness (QED) is 0.465. The van der Waals surface area contributed by atoms with Crippen molar-refractivity contribution in [2.75, 3.05) is 26.7 Å². The van der Waals surface area contributed by atoms with Crippen LogP contribution in [0.1, 0.15) is 6.92 Å². The number of amides is 1. The maximum Gasteiger partial charge on any atom is 0.219 e. The van der Waals surface area contributed by atoms with Gasteiger partial charge in [-0.25, -0.2) is 0 Å². The highest BCUT2D eigenvalue weighted by Gasteiger charge is 2.23. The lowest BCUT2D eigenvalue weighted by atomic mass is 10.2. The molecule has 0 saturated carbocycles. The highest BCUT2D eigenvalue weighted by molar-refractivity contribution is 5.73. The summed E-state index contributed by atoms with van der Waals surface area (Å²) >= 11 is 0. The molecule has 0 spiro atoms. The lowest BCUT2D eigenvalue weighted by molar-refractivity contribution is -0.130. The molecule has 0 radical (unpaired) electrons. The van der Waals surface area contributed by atoms with Crippen LogP contribution in [0.4, 0.5) is 0 Å². The van der Waals surface area contributed by atoms with E-state index in [9.17, 15) is 4.79 Å². The summed E-state index contributed by atoms with van der Waals surface area (Å²) in [5.41, 5.74) is 0. The van der Waals surface area contributed by atoms with E-state index in [1.807, 2.05) is 7.05 Å². The zero-order valence-corrected chi connectivity index (χ0v) is 7.58. The van der Waals surface area contributed by atoms with Crippen LogP contribution in [0.2, 0.25) is 0 Å². The number of carbonyl (C=O) groups excluding carboxylic acids is 1. The minimum atomic E-state index is 0.0858. The Morgan fingerprint density at radius 1 is 1.58 bits per heavy atom. The van der Waals surface area contributed by atoms with Gasteiger partial charge in [-0.3, -0.25) is 9.69 Å². The number of terminal acetylenes is 1. The number of hydrogen-bond acceptors (Lipinski definition) is 2. The van der Waals surface area contributed by atoms with Crippen molar-refractivity contribution in [2.45, 2.75) is 13.0 Å². The number of piperazine rings is 1. The van der Waals surface area contributed by atoms with Gasteiger partial charge in [0.15, 0.2) is 0 Å². The molecule has 1 heterocycles. The van der Waals surface area contributed by atoms with E-state index in [0.29, 0.717) is 6.54 Å². The molecule has 1 unspecified atom stereocenters. The zero-order chi connectivity index (χ0) is 9.14. The van der Waals surface area contributed by atoms with Crippen LogP contribution in [0.5, 0.6) is 0 Å². The van der Waals surface area contributed by atoms with Gasteiger partial charge in [0.2, 0.25) is 5.91 Å². The van der Waals surface area contributed by atoms with Crippen molar-refractivity contribution in [3.63, 3.8) is 0 Å². The summed E-state index contributed by atoms with van der Waals surface area (Å²) in [6.45, 7) is 3.92. The molecule has 3 heteroatoms. The molecule has 3 nitrogen and oxygen atoms in total. The van der Waals surface area contributed by atoms with Crippen LogP contribution in [0.3, 0.4) is 0 Å². The van der Waals surface area contributed by atoms with E-state index in [2.05, 4.69) is 10.8 Å². The average molecular weight is 166 g/mol. The van der Waals surface area contributed by atoms with Gasteiger partial charge in [-0.2, -0.15) is 0 Å². The third-order valence-electron chi connectivity index (χ3n) is 2.29. The molecular formula is C9H14N2O. The Balaban J connectivity index is 2.57. The molecule has 1 aliphatic heterocycles. The first kappa shape index (κ1) is 9.08. The number of carbonyl (C=O) groups is 1. The topological polar surface area (TPSA) is 23.6 Å². The molecule has 12 heavy (non-hydrogen) atoms. The molecule has 0 aromatic rings. The second-order valence-corrected chi connectivity index (χ2v) is 3.13. The molecule has 1 atom stereocenters. The predicted octanol–water partition coefficient (Wildman–Crippen LogP) is -0.218. The van der Waals surface area contributed by atoms with E-state index < -0.39 is 0 Å². The van der Waals surface area contributed by atoms with Gasteiger partial charge >= 0.3 is 0 Å². The van der Waals surface area contributed by atoms with Crippen LogP contribution in [0.15, 0.2) is 0 Å². The van der Waals surface area contributed by atoms with Crippen molar-refractivity contribution in [2.24, 2.45) is 0 Å². The van der Waals surface area contributed by atoms with Gasteiger partial charge in [-0.1, -0.05) is 5.92 Å². The van der Waals surface area contributed by atoms with Crippen LogP contribution >= 0.6 is 0 Å². The molecule has 1 saturated heterocycles. The summed E-state index contributed by atoms with van der Waals surface area (Å²) in [5.74, 6) is 2.78. The minimum Gasteiger partial charge on any atom is -0.339 e. The maximum atomic E-state index is 11.0. The van der Waals surface area contributed by atoms with Gasteiger partial charge in [0.1, 0.15) is 0 Å². The van der Waals surface area contributed by atoms with Gasteiger partial charge < -0.3 is 4.90 Å². The van der Waals surface area contributed by atoms with E-state index in [-0.39, 0.29) is 11.9 Å². The SMILES string of the molecule is C#CC1CN(C(C)=O)CCN1C. The smallest absolute Gasteiger partial charge is 0.219 e. The lowest BCUT2D eigenvalue weighted by Gasteiger charge is -2.36. The summed E-state index contributed by atoms with van der Waals surface area (Å²) < 4.78 is 0. The number of hydrogen-bond donors (Lipinski definition) is 0. The molecule has 0 aromatic carbocycles. The van der Waals surface area contributed by atoms with Crippen molar-refractivity contribution in [1.82, 2.24) is 9.80 Å². The maximum absolute atomic E-state index is 11.0. The molecule has 0 bridgehead atoms. The Bertz CT molecular complexity index is 219. The van der Waals surface area contributed by atoms with Crippen molar-refractivity contribution >= 4 is 5.91 Å². The lowest BCUT2D eigenvalue weighted by Crippen LogP contribution is -2.52. The van der Waals surface area contributed by atoms with E-state index in [1.165, 1.54) is 0 Å². The molecule has 1 fully saturated rings. The fourth-order valence-electron chi connectivity index (χ4n) is 1.34. The highest BCUT2D eigenvalue weighted by Crippen LogP contribution is 2.06. The van der Waals surface area contributed by atoms with E-state index in [1.54, 1.807) is 11.8 Å². The summed E-state index contributed by atoms with van der Waals surface area (Å²) in [5, 5.41) is 0. The van der Waals surface area contributed by atoms with Crippen molar-refractivity contribution in [3.05, 3.63) is 0 Å². The third-order valence-corrected chi connectivity index (χ3v) is 2.29. The zero-order valence-electron chi connectivity index (χ0n) is 7.58. The second kappa shape index (κ2) is 3.59. The Morgan fingerprint density at radius 3 is 2.75 bits per heavy atom. The molecule has 66 valence electrons. The molecule has 1 amide bonds. The average Bonchev–Trinajstić information content (AvgIpc) is 2.05. The molecule has 0 aliphatic carbocycles. The van der Waals surface area contributed by atoms with Crippen molar-refractivity contribution in [1.29, 1.82) is 0 Å². The predicted molar refractivity (Wildman–Crippen MR) is 47.5 cm³/mol. The molecule has 0 aromatic heterocycles. The highest BCUT2D eigenvalue weighted by atomic mass is 16.2. The summed E-state index contributed by atoms with van der Waals surface area (Å²) in [6, 6.07) is 0.0858. The number of likely N-dealkylation sites (N-methyl/N-ethyl adjacent to an activating group) is 1. The standard InChI is InChI=1S/C9H14N2O/c1-4-9-7-11(8(2)12)6-5-10(9)3/h1,9H,5-7H2,2-3H3. The van der Waals surface area contributed by atoms with Gasteiger partial charge in [0.05, 0.1) is 6.04 Å². The Labute approximate surface area is 73.3 Å². The first-order valence-electron chi connectivity index (χ1n) is 4.07. The summed E-state index contributed by atoms with van der Waals surface area (Å²) in [4.78, 5) is 14.9. The van der Waals surface area contributed by atoms with Gasteiger partial charge in [-0.05, 0) is 7.05 Å². The van der Waals surface area contributed by atoms with Crippen LogP contribution < -0.4 is 0 Å². The van der Waals surface area contributed by atoms with E-state index >= 15 is 0 Å². The van der Waals surface area contributed by atoms with Gasteiger partial charge in [-0.15, -0.1) is 6.42 Å². The second-order valence-electron chi connectivity index (χ2n) is 3.13. The molecule has 1 aliphatic rings. The minimum absolute atomic E-state index is 0.0858. The Morgan fingerprint density at radius 2 is 2.25 bits per heavy atom. The van der Waals surface area contributed by atoms with Crippen molar-refractivity contribution in [3.8, 4) is 12.3 Å². The van der Waals surface area contributed by atoms with Crippen LogP contribution in [0.25, 0.3) is 0 Å². The van der Waals surface area contributed by atoms with E-state index in [4.69, 9.17) is 6.42 Å². The Kier molecular flexibility index (Phi) is 2.72. The normalized spacial score (nSPS) is 25.1. The van der Waals surface area contributed by atoms with Crippen LogP contribution in [0, 0.1) is 12.3 Å². The van der Waals surface area contributed by atoms with E-state index in [0.717, 1.165) is 13.1 Å². The fourth-order valence-corrected chi connectivity index (χ4v) is 1.34. The fraction of sp³-hybridized carbons (Fsp3) is 0.667. The third kappa shape index (κ3) is 1.77.